The van der Waals surface area contributed by atoms with Gasteiger partial charge in [-0.2, -0.15) is 22.8 Å². The van der Waals surface area contributed by atoms with Crippen molar-refractivity contribution in [2.75, 3.05) is 14.2 Å². The van der Waals surface area contributed by atoms with Crippen LogP contribution in [-0.4, -0.2) is 14.2 Å². The summed E-state index contributed by atoms with van der Waals surface area (Å²) in [5.41, 5.74) is 9.27. The molecule has 0 bridgehead atoms. The first-order valence-electron chi connectivity index (χ1n) is 12.4. The molecular formula is C33H31O2-. The van der Waals surface area contributed by atoms with Crippen LogP contribution < -0.4 is 9.47 Å². The predicted octanol–water partition coefficient (Wildman–Crippen LogP) is 8.19. The van der Waals surface area contributed by atoms with Crippen molar-refractivity contribution in [1.29, 1.82) is 0 Å². The molecule has 2 heteroatoms. The van der Waals surface area contributed by atoms with Crippen LogP contribution in [0.5, 0.6) is 11.5 Å². The first-order chi connectivity index (χ1) is 16.9. The number of rotatable bonds is 2. The minimum absolute atomic E-state index is 0.0909. The van der Waals surface area contributed by atoms with E-state index in [2.05, 4.69) is 93.6 Å². The van der Waals surface area contributed by atoms with Gasteiger partial charge < -0.3 is 9.47 Å². The molecule has 0 amide bonds. The third kappa shape index (κ3) is 3.43. The zero-order chi connectivity index (χ0) is 24.3. The van der Waals surface area contributed by atoms with Gasteiger partial charge in [0.25, 0.3) is 0 Å². The van der Waals surface area contributed by atoms with Gasteiger partial charge in [-0.15, -0.1) is 0 Å². The second kappa shape index (κ2) is 7.95. The van der Waals surface area contributed by atoms with Gasteiger partial charge in [-0.1, -0.05) is 75.7 Å². The molecule has 0 unspecified atom stereocenters. The highest BCUT2D eigenvalue weighted by Crippen LogP contribution is 2.48. The Balaban J connectivity index is 1.82. The molecule has 0 spiro atoms. The molecule has 0 radical (unpaired) electrons. The zero-order valence-corrected chi connectivity index (χ0v) is 21.2. The predicted molar refractivity (Wildman–Crippen MR) is 146 cm³/mol. The van der Waals surface area contributed by atoms with Crippen molar-refractivity contribution < 1.29 is 9.47 Å². The van der Waals surface area contributed by atoms with Crippen molar-refractivity contribution in [2.24, 2.45) is 0 Å². The average molecular weight is 460 g/mol. The third-order valence-electron chi connectivity index (χ3n) is 7.59. The van der Waals surface area contributed by atoms with Gasteiger partial charge in [0, 0.05) is 5.56 Å². The maximum Gasteiger partial charge on any atom is 0.123 e. The summed E-state index contributed by atoms with van der Waals surface area (Å²) in [6.07, 6.45) is 1.69. The Labute approximate surface area is 207 Å². The van der Waals surface area contributed by atoms with Gasteiger partial charge in [0.15, 0.2) is 0 Å². The summed E-state index contributed by atoms with van der Waals surface area (Å²) < 4.78 is 12.1. The molecule has 0 aromatic heterocycles. The molecule has 1 aliphatic carbocycles. The van der Waals surface area contributed by atoms with E-state index >= 15 is 0 Å². The molecule has 0 aliphatic heterocycles. The van der Waals surface area contributed by atoms with E-state index in [9.17, 15) is 0 Å². The first-order valence-corrected chi connectivity index (χ1v) is 12.4. The van der Waals surface area contributed by atoms with Crippen molar-refractivity contribution in [2.45, 2.75) is 39.0 Å². The monoisotopic (exact) mass is 459 g/mol. The fraction of sp³-hybridized carbons (Fsp3) is 0.242. The molecule has 0 fully saturated rings. The summed E-state index contributed by atoms with van der Waals surface area (Å²) in [6, 6.07) is 26.6. The fourth-order valence-electron chi connectivity index (χ4n) is 5.76. The van der Waals surface area contributed by atoms with Crippen LogP contribution in [0.4, 0.5) is 0 Å². The maximum absolute atomic E-state index is 6.06. The number of methoxy groups -OCH3 is 2. The molecule has 0 N–H and O–H groups in total. The average Bonchev–Trinajstić information content (AvgIpc) is 3.24. The van der Waals surface area contributed by atoms with Gasteiger partial charge in [-0.25, -0.2) is 6.07 Å². The van der Waals surface area contributed by atoms with E-state index in [0.29, 0.717) is 0 Å². The quantitative estimate of drug-likeness (QED) is 0.243. The Hall–Kier alpha value is -3.65. The van der Waals surface area contributed by atoms with E-state index in [0.717, 1.165) is 24.3 Å². The van der Waals surface area contributed by atoms with Crippen molar-refractivity contribution in [3.63, 3.8) is 0 Å². The highest BCUT2D eigenvalue weighted by atomic mass is 16.5. The van der Waals surface area contributed by atoms with Gasteiger partial charge in [0.2, 0.25) is 0 Å². The van der Waals surface area contributed by atoms with Crippen LogP contribution in [0.15, 0.2) is 72.8 Å². The number of hydrogen-bond donors (Lipinski definition) is 0. The number of ether oxygens (including phenoxy) is 2. The van der Waals surface area contributed by atoms with Gasteiger partial charge in [0.1, 0.15) is 11.5 Å². The van der Waals surface area contributed by atoms with E-state index in [-0.39, 0.29) is 5.41 Å². The molecule has 5 aromatic rings. The molecule has 176 valence electrons. The van der Waals surface area contributed by atoms with E-state index in [1.807, 2.05) is 0 Å². The molecule has 0 atom stereocenters. The smallest absolute Gasteiger partial charge is 0.123 e. The molecule has 6 rings (SSSR count). The van der Waals surface area contributed by atoms with E-state index in [4.69, 9.17) is 9.47 Å². The molecule has 0 saturated heterocycles. The van der Waals surface area contributed by atoms with Crippen molar-refractivity contribution in [3.8, 4) is 22.6 Å². The Morgan fingerprint density at radius 2 is 1.20 bits per heavy atom. The standard InChI is InChI=1S/C33H31O2/c1-33(2,3)24-14-22-16-27-29(34-4)18-20-10-6-8-12-25(20)31(27)32-26-13-9-7-11-21(26)19-30(35-5)28(32)17-23(22)15-24/h6-15,18-19H,16-17H2,1-5H3/q-1. The van der Waals surface area contributed by atoms with Gasteiger partial charge >= 0.3 is 0 Å². The molecule has 2 nitrogen and oxygen atoms in total. The van der Waals surface area contributed by atoms with Crippen molar-refractivity contribution in [3.05, 3.63) is 101 Å². The lowest BCUT2D eigenvalue weighted by molar-refractivity contribution is 0.410. The lowest BCUT2D eigenvalue weighted by Gasteiger charge is -2.27. The molecule has 5 aromatic carbocycles. The minimum Gasteiger partial charge on any atom is -0.496 e. The van der Waals surface area contributed by atoms with E-state index < -0.39 is 0 Å². The number of benzene rings is 4. The van der Waals surface area contributed by atoms with E-state index in [1.54, 1.807) is 14.2 Å². The second-order valence-corrected chi connectivity index (χ2v) is 10.7. The normalized spacial score (nSPS) is 13.1. The Bertz CT molecular complexity index is 1480. The van der Waals surface area contributed by atoms with Gasteiger partial charge in [0.05, 0.1) is 14.2 Å². The van der Waals surface area contributed by atoms with Crippen LogP contribution in [0.2, 0.25) is 0 Å². The summed E-state index contributed by atoms with van der Waals surface area (Å²) in [7, 11) is 3.58. The van der Waals surface area contributed by atoms with Crippen LogP contribution in [0.25, 0.3) is 32.7 Å². The minimum atomic E-state index is 0.0909. The SMILES string of the molecule is COc1cc2ccccc2c2c1Cc1cc(C(C)(C)C)[cH-]c1Cc1c(OC)cc3ccccc3c1-2. The van der Waals surface area contributed by atoms with Crippen LogP contribution in [0.3, 0.4) is 0 Å². The summed E-state index contributed by atoms with van der Waals surface area (Å²) in [4.78, 5) is 0. The second-order valence-electron chi connectivity index (χ2n) is 10.7. The molecular weight excluding hydrogens is 428 g/mol. The van der Waals surface area contributed by atoms with Crippen LogP contribution in [0, 0.1) is 0 Å². The lowest BCUT2D eigenvalue weighted by atomic mass is 9.80. The summed E-state index contributed by atoms with van der Waals surface area (Å²) in [5.74, 6) is 1.89. The van der Waals surface area contributed by atoms with Gasteiger partial charge in [-0.05, 0) is 62.2 Å². The summed E-state index contributed by atoms with van der Waals surface area (Å²) >= 11 is 0. The number of hydrogen-bond acceptors (Lipinski definition) is 2. The van der Waals surface area contributed by atoms with Crippen molar-refractivity contribution >= 4 is 21.5 Å². The fourth-order valence-corrected chi connectivity index (χ4v) is 5.76. The Morgan fingerprint density at radius 1 is 0.686 bits per heavy atom. The molecule has 0 saturated carbocycles. The topological polar surface area (TPSA) is 18.5 Å². The van der Waals surface area contributed by atoms with Crippen LogP contribution >= 0.6 is 0 Å². The third-order valence-corrected chi connectivity index (χ3v) is 7.59. The molecule has 1 aliphatic rings. The van der Waals surface area contributed by atoms with Crippen LogP contribution in [0.1, 0.15) is 48.6 Å². The molecule has 0 heterocycles. The number of fused-ring (bicyclic) bond motifs is 8. The first kappa shape index (κ1) is 21.9. The Morgan fingerprint density at radius 3 is 1.71 bits per heavy atom. The highest BCUT2D eigenvalue weighted by molar-refractivity contribution is 6.10. The van der Waals surface area contributed by atoms with Crippen LogP contribution in [-0.2, 0) is 18.3 Å². The largest absolute Gasteiger partial charge is 0.496 e. The van der Waals surface area contributed by atoms with Crippen molar-refractivity contribution in [1.82, 2.24) is 0 Å². The van der Waals surface area contributed by atoms with Gasteiger partial charge in [-0.3, -0.25) is 0 Å². The summed E-state index contributed by atoms with van der Waals surface area (Å²) in [6.45, 7) is 6.87. The Kier molecular flexibility index (Phi) is 4.96. The highest BCUT2D eigenvalue weighted by Gasteiger charge is 2.25. The lowest BCUT2D eigenvalue weighted by Crippen LogP contribution is -2.09. The molecule has 35 heavy (non-hydrogen) atoms. The zero-order valence-electron chi connectivity index (χ0n) is 21.2. The maximum atomic E-state index is 6.06. The summed E-state index contributed by atoms with van der Waals surface area (Å²) in [5, 5.41) is 4.90. The van der Waals surface area contributed by atoms with E-state index in [1.165, 1.54) is 60.5 Å².